The Bertz CT molecular complexity index is 250. The normalized spacial score (nSPS) is 13.9. The minimum absolute atomic E-state index is 0.0542. The third-order valence-corrected chi connectivity index (χ3v) is 7.68. The molecular formula is C14H36N2OSi2. The Morgan fingerprint density at radius 2 is 1.63 bits per heavy atom. The molecule has 0 heterocycles. The van der Waals surface area contributed by atoms with E-state index in [4.69, 9.17) is 4.43 Å². The van der Waals surface area contributed by atoms with Gasteiger partial charge in [0.05, 0.1) is 8.07 Å². The standard InChI is InChI=1S/C14H36N2OSi2/c1-14(2,17-18(4,5)6)12-19(7,8)11-9-10-16-13-15-3/h15-16H,9-13H2,1-8H3. The Hall–Kier alpha value is 0.314. The Balaban J connectivity index is 4.12. The second kappa shape index (κ2) is 7.93. The summed E-state index contributed by atoms with van der Waals surface area (Å²) >= 11 is 0. The maximum Gasteiger partial charge on any atom is 0.184 e. The van der Waals surface area contributed by atoms with E-state index in [0.29, 0.717) is 0 Å². The molecule has 0 unspecified atom stereocenters. The van der Waals surface area contributed by atoms with E-state index in [0.717, 1.165) is 13.2 Å². The van der Waals surface area contributed by atoms with Gasteiger partial charge in [-0.3, -0.25) is 0 Å². The molecule has 0 saturated heterocycles. The fourth-order valence-electron chi connectivity index (χ4n) is 3.01. The largest absolute Gasteiger partial charge is 0.413 e. The van der Waals surface area contributed by atoms with E-state index in [1.165, 1.54) is 18.5 Å². The molecular weight excluding hydrogens is 268 g/mol. The van der Waals surface area contributed by atoms with E-state index in [9.17, 15) is 0 Å². The molecule has 0 amide bonds. The third-order valence-electron chi connectivity index (χ3n) is 3.00. The Labute approximate surface area is 123 Å². The SMILES string of the molecule is CNCNCCC[Si](C)(C)CC(C)(C)O[Si](C)(C)C. The number of hydrogen-bond acceptors (Lipinski definition) is 3. The predicted octanol–water partition coefficient (Wildman–Crippen LogP) is 3.48. The van der Waals surface area contributed by atoms with Crippen molar-refractivity contribution in [3.05, 3.63) is 0 Å². The first-order valence-electron chi connectivity index (χ1n) is 7.53. The van der Waals surface area contributed by atoms with E-state index in [1.807, 2.05) is 7.05 Å². The van der Waals surface area contributed by atoms with Crippen LogP contribution in [0.15, 0.2) is 0 Å². The molecule has 3 nitrogen and oxygen atoms in total. The summed E-state index contributed by atoms with van der Waals surface area (Å²) in [5.41, 5.74) is 0.0542. The summed E-state index contributed by atoms with van der Waals surface area (Å²) in [5, 5.41) is 6.51. The molecule has 0 radical (unpaired) electrons. The molecule has 0 fully saturated rings. The lowest BCUT2D eigenvalue weighted by Gasteiger charge is -2.38. The third kappa shape index (κ3) is 11.8. The van der Waals surface area contributed by atoms with Crippen molar-refractivity contribution in [2.75, 3.05) is 20.3 Å². The van der Waals surface area contributed by atoms with Crippen LogP contribution < -0.4 is 10.6 Å². The van der Waals surface area contributed by atoms with Crippen LogP contribution in [-0.4, -0.2) is 42.3 Å². The molecule has 0 spiro atoms. The number of hydrogen-bond donors (Lipinski definition) is 2. The minimum atomic E-state index is -1.44. The van der Waals surface area contributed by atoms with E-state index in [1.54, 1.807) is 0 Å². The smallest absolute Gasteiger partial charge is 0.184 e. The van der Waals surface area contributed by atoms with Gasteiger partial charge in [0, 0.05) is 12.3 Å². The van der Waals surface area contributed by atoms with Crippen LogP contribution in [0.5, 0.6) is 0 Å². The summed E-state index contributed by atoms with van der Waals surface area (Å²) in [6, 6.07) is 2.64. The highest BCUT2D eigenvalue weighted by Crippen LogP contribution is 2.30. The van der Waals surface area contributed by atoms with Crippen LogP contribution in [0.2, 0.25) is 44.8 Å². The molecule has 0 aromatic rings. The molecule has 0 aromatic carbocycles. The molecule has 116 valence electrons. The minimum Gasteiger partial charge on any atom is -0.413 e. The van der Waals surface area contributed by atoms with Crippen LogP contribution in [0.4, 0.5) is 0 Å². The zero-order chi connectivity index (χ0) is 15.2. The number of rotatable bonds is 10. The molecule has 0 rings (SSSR count). The molecule has 5 heteroatoms. The van der Waals surface area contributed by atoms with Crippen molar-refractivity contribution in [1.82, 2.24) is 10.6 Å². The summed E-state index contributed by atoms with van der Waals surface area (Å²) in [6.07, 6.45) is 1.28. The van der Waals surface area contributed by atoms with Crippen LogP contribution in [0.25, 0.3) is 0 Å². The predicted molar refractivity (Wildman–Crippen MR) is 92.2 cm³/mol. The van der Waals surface area contributed by atoms with Crippen molar-refractivity contribution in [1.29, 1.82) is 0 Å². The van der Waals surface area contributed by atoms with Gasteiger partial charge in [-0.05, 0) is 59.5 Å². The molecule has 0 saturated carbocycles. The van der Waals surface area contributed by atoms with Gasteiger partial charge in [-0.25, -0.2) is 0 Å². The van der Waals surface area contributed by atoms with Crippen molar-refractivity contribution in [2.45, 2.75) is 70.7 Å². The molecule has 19 heavy (non-hydrogen) atoms. The van der Waals surface area contributed by atoms with E-state index in [2.05, 4.69) is 57.2 Å². The van der Waals surface area contributed by atoms with Gasteiger partial charge in [-0.15, -0.1) is 0 Å². The van der Waals surface area contributed by atoms with Crippen molar-refractivity contribution in [2.24, 2.45) is 0 Å². The zero-order valence-corrected chi connectivity index (χ0v) is 16.4. The highest BCUT2D eigenvalue weighted by Gasteiger charge is 2.34. The fraction of sp³-hybridized carbons (Fsp3) is 1.00. The average molecular weight is 305 g/mol. The first-order chi connectivity index (χ1) is 8.47. The van der Waals surface area contributed by atoms with Crippen molar-refractivity contribution in [3.8, 4) is 0 Å². The quantitative estimate of drug-likeness (QED) is 0.368. The molecule has 0 aromatic heterocycles. The van der Waals surface area contributed by atoms with Gasteiger partial charge in [0.15, 0.2) is 8.32 Å². The molecule has 0 aliphatic rings. The van der Waals surface area contributed by atoms with Gasteiger partial charge in [-0.1, -0.05) is 19.1 Å². The van der Waals surface area contributed by atoms with Gasteiger partial charge in [0.25, 0.3) is 0 Å². The Kier molecular flexibility index (Phi) is 8.06. The lowest BCUT2D eigenvalue weighted by Crippen LogP contribution is -2.44. The van der Waals surface area contributed by atoms with Crippen molar-refractivity contribution < 1.29 is 4.43 Å². The van der Waals surface area contributed by atoms with E-state index in [-0.39, 0.29) is 5.60 Å². The van der Waals surface area contributed by atoms with Gasteiger partial charge in [-0.2, -0.15) is 0 Å². The van der Waals surface area contributed by atoms with Crippen LogP contribution in [0.1, 0.15) is 20.3 Å². The Morgan fingerprint density at radius 1 is 1.05 bits per heavy atom. The molecule has 0 bridgehead atoms. The van der Waals surface area contributed by atoms with Crippen molar-refractivity contribution >= 4 is 16.4 Å². The van der Waals surface area contributed by atoms with Crippen LogP contribution in [0.3, 0.4) is 0 Å². The second-order valence-electron chi connectivity index (χ2n) is 7.95. The topological polar surface area (TPSA) is 33.3 Å². The molecule has 0 aliphatic carbocycles. The van der Waals surface area contributed by atoms with Crippen LogP contribution in [-0.2, 0) is 4.43 Å². The summed E-state index contributed by atoms with van der Waals surface area (Å²) in [5.74, 6) is 0. The lowest BCUT2D eigenvalue weighted by molar-refractivity contribution is 0.120. The second-order valence-corrected chi connectivity index (χ2v) is 17.6. The maximum atomic E-state index is 6.35. The van der Waals surface area contributed by atoms with Gasteiger partial charge >= 0.3 is 0 Å². The fourth-order valence-corrected chi connectivity index (χ4v) is 8.57. The first kappa shape index (κ1) is 19.3. The summed E-state index contributed by atoms with van der Waals surface area (Å²) < 4.78 is 6.35. The maximum absolute atomic E-state index is 6.35. The van der Waals surface area contributed by atoms with Crippen LogP contribution >= 0.6 is 0 Å². The zero-order valence-electron chi connectivity index (χ0n) is 14.4. The molecule has 0 aliphatic heterocycles. The number of nitrogens with one attached hydrogen (secondary N) is 2. The molecule has 2 N–H and O–H groups in total. The molecule has 0 atom stereocenters. The monoisotopic (exact) mass is 304 g/mol. The summed E-state index contributed by atoms with van der Waals surface area (Å²) in [6.45, 7) is 18.4. The Morgan fingerprint density at radius 3 is 2.11 bits per heavy atom. The van der Waals surface area contributed by atoms with E-state index >= 15 is 0 Å². The van der Waals surface area contributed by atoms with Crippen molar-refractivity contribution in [3.63, 3.8) is 0 Å². The van der Waals surface area contributed by atoms with E-state index < -0.39 is 16.4 Å². The lowest BCUT2D eigenvalue weighted by atomic mass is 10.2. The van der Waals surface area contributed by atoms with Crippen LogP contribution in [0, 0.1) is 0 Å². The summed E-state index contributed by atoms with van der Waals surface area (Å²) in [4.78, 5) is 0. The van der Waals surface area contributed by atoms with Gasteiger partial charge in [0.2, 0.25) is 0 Å². The summed E-state index contributed by atoms with van der Waals surface area (Å²) in [7, 11) is -0.627. The van der Waals surface area contributed by atoms with Gasteiger partial charge < -0.3 is 15.1 Å². The highest BCUT2D eigenvalue weighted by atomic mass is 28.4. The average Bonchev–Trinajstić information content (AvgIpc) is 2.10. The first-order valence-corrected chi connectivity index (χ1v) is 14.4. The highest BCUT2D eigenvalue weighted by molar-refractivity contribution is 6.77. The van der Waals surface area contributed by atoms with Gasteiger partial charge in [0.1, 0.15) is 0 Å².